The Hall–Kier alpha value is -3.89. The highest BCUT2D eigenvalue weighted by atomic mass is 16.6. The molecule has 1 saturated heterocycles. The third-order valence-corrected chi connectivity index (χ3v) is 6.25. The van der Waals surface area contributed by atoms with Crippen LogP contribution in [0.5, 0.6) is 5.75 Å². The molecule has 36 heavy (non-hydrogen) atoms. The van der Waals surface area contributed by atoms with Gasteiger partial charge in [0.25, 0.3) is 0 Å². The number of carbonyl (C=O) groups is 2. The Morgan fingerprint density at radius 1 is 1.08 bits per heavy atom. The second kappa shape index (κ2) is 10.00. The molecule has 0 saturated carbocycles. The molecule has 1 unspecified atom stereocenters. The third kappa shape index (κ3) is 5.67. The van der Waals surface area contributed by atoms with Gasteiger partial charge >= 0.3 is 11.9 Å². The van der Waals surface area contributed by atoms with Crippen molar-refractivity contribution in [2.24, 2.45) is 0 Å². The molecule has 0 spiro atoms. The van der Waals surface area contributed by atoms with Crippen LogP contribution in [0.15, 0.2) is 60.7 Å². The highest BCUT2D eigenvalue weighted by Gasteiger charge is 2.46. The molecule has 0 bridgehead atoms. The normalized spacial score (nSPS) is 18.4. The molecule has 2 N–H and O–H groups in total. The standard InChI is InChI=1S/C29H30N2O5/c1-28(2,3)36-27(34)29(12-13-31-18-29)35-24-10-8-22(9-11-24)25(26(32)33)16-19-4-6-21-7-5-20(17-30)15-23(21)14-19/h4-11,14-15,25,31H,12-13,16,18H2,1-3H3,(H,32,33)/t25?,29-/m0/s1. The van der Waals surface area contributed by atoms with Gasteiger partial charge < -0.3 is 19.9 Å². The SMILES string of the molecule is CC(C)(C)OC(=O)[C@]1(Oc2ccc(C(Cc3ccc4ccc(C#N)cc4c3)C(=O)O)cc2)CCNC1. The number of nitriles is 1. The Morgan fingerprint density at radius 2 is 1.81 bits per heavy atom. The van der Waals surface area contributed by atoms with Crippen LogP contribution < -0.4 is 10.1 Å². The van der Waals surface area contributed by atoms with E-state index in [1.165, 1.54) is 0 Å². The lowest BCUT2D eigenvalue weighted by Crippen LogP contribution is -2.49. The van der Waals surface area contributed by atoms with Gasteiger partial charge in [-0.3, -0.25) is 4.79 Å². The predicted octanol–water partition coefficient (Wildman–Crippen LogP) is 4.57. The van der Waals surface area contributed by atoms with E-state index in [9.17, 15) is 20.0 Å². The first-order chi connectivity index (χ1) is 17.1. The minimum atomic E-state index is -1.12. The molecule has 1 fully saturated rings. The van der Waals surface area contributed by atoms with Crippen molar-refractivity contribution in [3.8, 4) is 11.8 Å². The molecule has 4 rings (SSSR count). The summed E-state index contributed by atoms with van der Waals surface area (Å²) in [5, 5.41) is 24.2. The van der Waals surface area contributed by atoms with Crippen LogP contribution in [0.3, 0.4) is 0 Å². The fraction of sp³-hybridized carbons (Fsp3) is 0.345. The van der Waals surface area contributed by atoms with E-state index in [2.05, 4.69) is 11.4 Å². The van der Waals surface area contributed by atoms with E-state index in [1.54, 1.807) is 36.4 Å². The number of hydrogen-bond acceptors (Lipinski definition) is 6. The van der Waals surface area contributed by atoms with E-state index in [1.807, 2.05) is 45.0 Å². The van der Waals surface area contributed by atoms with Crippen molar-refractivity contribution in [2.45, 2.75) is 50.7 Å². The molecule has 186 valence electrons. The summed E-state index contributed by atoms with van der Waals surface area (Å²) in [4.78, 5) is 25.1. The Labute approximate surface area is 210 Å². The number of fused-ring (bicyclic) bond motifs is 1. The van der Waals surface area contributed by atoms with Crippen molar-refractivity contribution in [3.05, 3.63) is 77.4 Å². The Morgan fingerprint density at radius 3 is 2.42 bits per heavy atom. The Kier molecular flexibility index (Phi) is 7.00. The maximum absolute atomic E-state index is 12.9. The topological polar surface area (TPSA) is 109 Å². The molecule has 3 aromatic carbocycles. The Balaban J connectivity index is 1.53. The van der Waals surface area contributed by atoms with E-state index in [0.29, 0.717) is 42.8 Å². The van der Waals surface area contributed by atoms with Crippen LogP contribution in [0.2, 0.25) is 0 Å². The molecule has 0 radical (unpaired) electrons. The lowest BCUT2D eigenvalue weighted by atomic mass is 9.91. The number of hydrogen-bond donors (Lipinski definition) is 2. The van der Waals surface area contributed by atoms with Crippen molar-refractivity contribution in [3.63, 3.8) is 0 Å². The summed E-state index contributed by atoms with van der Waals surface area (Å²) in [6.45, 7) is 6.44. The monoisotopic (exact) mass is 486 g/mol. The van der Waals surface area contributed by atoms with Gasteiger partial charge in [0.2, 0.25) is 5.60 Å². The smallest absolute Gasteiger partial charge is 0.352 e. The summed E-state index contributed by atoms with van der Waals surface area (Å²) >= 11 is 0. The van der Waals surface area contributed by atoms with Crippen molar-refractivity contribution in [2.75, 3.05) is 13.1 Å². The first kappa shape index (κ1) is 25.2. The largest absolute Gasteiger partial charge is 0.481 e. The summed E-state index contributed by atoms with van der Waals surface area (Å²) < 4.78 is 11.7. The lowest BCUT2D eigenvalue weighted by Gasteiger charge is -2.31. The number of carboxylic acid groups (broad SMARTS) is 1. The molecule has 0 aliphatic carbocycles. The first-order valence-electron chi connectivity index (χ1n) is 12.0. The molecule has 7 nitrogen and oxygen atoms in total. The number of benzene rings is 3. The number of nitrogens with one attached hydrogen (secondary N) is 1. The molecule has 1 heterocycles. The number of rotatable bonds is 7. The third-order valence-electron chi connectivity index (χ3n) is 6.25. The minimum absolute atomic E-state index is 0.300. The zero-order valence-corrected chi connectivity index (χ0v) is 20.7. The summed E-state index contributed by atoms with van der Waals surface area (Å²) in [6, 6.07) is 20.2. The number of aliphatic carboxylic acids is 1. The second-order valence-corrected chi connectivity index (χ2v) is 10.2. The zero-order chi connectivity index (χ0) is 25.9. The minimum Gasteiger partial charge on any atom is -0.481 e. The fourth-order valence-corrected chi connectivity index (χ4v) is 4.41. The van der Waals surface area contributed by atoms with Crippen LogP contribution >= 0.6 is 0 Å². The van der Waals surface area contributed by atoms with E-state index >= 15 is 0 Å². The van der Waals surface area contributed by atoms with Crippen LogP contribution in [0.25, 0.3) is 10.8 Å². The molecular formula is C29H30N2O5. The van der Waals surface area contributed by atoms with Gasteiger partial charge in [-0.15, -0.1) is 0 Å². The molecular weight excluding hydrogens is 456 g/mol. The maximum atomic E-state index is 12.9. The molecule has 1 aliphatic rings. The Bertz CT molecular complexity index is 1310. The first-order valence-corrected chi connectivity index (χ1v) is 12.0. The molecule has 2 atom stereocenters. The highest BCUT2D eigenvalue weighted by Crippen LogP contribution is 2.30. The molecule has 0 amide bonds. The molecule has 0 aromatic heterocycles. The fourth-order valence-electron chi connectivity index (χ4n) is 4.41. The van der Waals surface area contributed by atoms with Crippen LogP contribution in [0, 0.1) is 11.3 Å². The van der Waals surface area contributed by atoms with E-state index in [0.717, 1.165) is 16.3 Å². The van der Waals surface area contributed by atoms with Gasteiger partial charge in [0.05, 0.1) is 17.6 Å². The average molecular weight is 487 g/mol. The van der Waals surface area contributed by atoms with Crippen molar-refractivity contribution in [1.82, 2.24) is 5.32 Å². The van der Waals surface area contributed by atoms with Crippen LogP contribution in [-0.4, -0.2) is 41.3 Å². The van der Waals surface area contributed by atoms with Crippen LogP contribution in [0.1, 0.15) is 49.8 Å². The molecule has 1 aliphatic heterocycles. The second-order valence-electron chi connectivity index (χ2n) is 10.2. The summed E-state index contributed by atoms with van der Waals surface area (Å²) in [6.07, 6.45) is 0.783. The van der Waals surface area contributed by atoms with Crippen molar-refractivity contribution < 1.29 is 24.2 Å². The van der Waals surface area contributed by atoms with Crippen LogP contribution in [-0.2, 0) is 20.7 Å². The molecule has 3 aromatic rings. The van der Waals surface area contributed by atoms with E-state index < -0.39 is 29.1 Å². The number of ether oxygens (including phenoxy) is 2. The van der Waals surface area contributed by atoms with Gasteiger partial charge in [0, 0.05) is 13.0 Å². The van der Waals surface area contributed by atoms with Crippen molar-refractivity contribution >= 4 is 22.7 Å². The van der Waals surface area contributed by atoms with Gasteiger partial charge in [-0.1, -0.05) is 36.4 Å². The summed E-state index contributed by atoms with van der Waals surface area (Å²) in [5.41, 5.74) is 0.316. The number of carbonyl (C=O) groups excluding carboxylic acids is 1. The van der Waals surface area contributed by atoms with Gasteiger partial charge in [-0.2, -0.15) is 5.26 Å². The predicted molar refractivity (Wildman–Crippen MR) is 136 cm³/mol. The van der Waals surface area contributed by atoms with Crippen LogP contribution in [0.4, 0.5) is 0 Å². The summed E-state index contributed by atoms with van der Waals surface area (Å²) in [7, 11) is 0. The maximum Gasteiger partial charge on any atom is 0.352 e. The van der Waals surface area contributed by atoms with Gasteiger partial charge in [-0.05, 0) is 79.9 Å². The quantitative estimate of drug-likeness (QED) is 0.471. The molecule has 7 heteroatoms. The van der Waals surface area contributed by atoms with Crippen molar-refractivity contribution in [1.29, 1.82) is 5.26 Å². The number of esters is 1. The van der Waals surface area contributed by atoms with E-state index in [4.69, 9.17) is 9.47 Å². The number of carboxylic acids is 1. The average Bonchev–Trinajstić information content (AvgIpc) is 3.31. The van der Waals surface area contributed by atoms with Gasteiger partial charge in [-0.25, -0.2) is 4.79 Å². The lowest BCUT2D eigenvalue weighted by molar-refractivity contribution is -0.172. The van der Waals surface area contributed by atoms with Gasteiger partial charge in [0.1, 0.15) is 11.4 Å². The summed E-state index contributed by atoms with van der Waals surface area (Å²) in [5.74, 6) is -1.63. The number of nitrogens with zero attached hydrogens (tertiary/aromatic N) is 1. The highest BCUT2D eigenvalue weighted by molar-refractivity contribution is 5.85. The zero-order valence-electron chi connectivity index (χ0n) is 20.7. The van der Waals surface area contributed by atoms with E-state index in [-0.39, 0.29) is 0 Å². The van der Waals surface area contributed by atoms with Gasteiger partial charge in [0.15, 0.2) is 0 Å².